The van der Waals surface area contributed by atoms with E-state index >= 15 is 0 Å². The van der Waals surface area contributed by atoms with Gasteiger partial charge in [0.1, 0.15) is 17.3 Å². The van der Waals surface area contributed by atoms with E-state index in [4.69, 9.17) is 11.3 Å². The van der Waals surface area contributed by atoms with Gasteiger partial charge < -0.3 is 15.4 Å². The first-order chi connectivity index (χ1) is 15.9. The molecule has 1 aliphatic rings. The van der Waals surface area contributed by atoms with Crippen LogP contribution < -0.4 is 15.4 Å². The molecule has 0 radical (unpaired) electrons. The third kappa shape index (κ3) is 4.43. The van der Waals surface area contributed by atoms with Crippen LogP contribution in [0.2, 0.25) is 0 Å². The first-order valence-electron chi connectivity index (χ1n) is 10.5. The lowest BCUT2D eigenvalue weighted by molar-refractivity contribution is 0.0924. The number of nitrogens with one attached hydrogen (secondary N) is 2. The number of imidazole rings is 1. The van der Waals surface area contributed by atoms with Crippen molar-refractivity contribution >= 4 is 11.6 Å². The standard InChI is InChI=1S/C24H23F2N5O2/c1-14-22(24(32)29-16-8-10-28-11-9-16)30-23(15-4-6-20(27-2)18(25)12-15)31(14)17-5-7-21(33-3)19(26)13-17/h4-7,12-13,16,28H,8-11H2,1,3H3,(H,29,32). The van der Waals surface area contributed by atoms with Crippen LogP contribution in [0.4, 0.5) is 14.5 Å². The molecule has 33 heavy (non-hydrogen) atoms. The normalized spacial score (nSPS) is 14.0. The Kier molecular flexibility index (Phi) is 6.38. The van der Waals surface area contributed by atoms with E-state index in [1.165, 1.54) is 31.4 Å². The Hall–Kier alpha value is -3.77. The van der Waals surface area contributed by atoms with Gasteiger partial charge in [-0.3, -0.25) is 9.36 Å². The molecule has 0 atom stereocenters. The molecule has 0 saturated carbocycles. The summed E-state index contributed by atoms with van der Waals surface area (Å²) in [4.78, 5) is 20.8. The lowest BCUT2D eigenvalue weighted by Gasteiger charge is -2.23. The molecule has 0 bridgehead atoms. The van der Waals surface area contributed by atoms with Gasteiger partial charge in [-0.15, -0.1) is 0 Å². The van der Waals surface area contributed by atoms with Crippen LogP contribution in [0.15, 0.2) is 36.4 Å². The summed E-state index contributed by atoms with van der Waals surface area (Å²) < 4.78 is 35.5. The van der Waals surface area contributed by atoms with Gasteiger partial charge in [0, 0.05) is 17.7 Å². The zero-order chi connectivity index (χ0) is 23.5. The molecule has 2 N–H and O–H groups in total. The molecule has 9 heteroatoms. The summed E-state index contributed by atoms with van der Waals surface area (Å²) in [5.74, 6) is -1.27. The van der Waals surface area contributed by atoms with Gasteiger partial charge >= 0.3 is 0 Å². The van der Waals surface area contributed by atoms with E-state index in [0.717, 1.165) is 25.9 Å². The number of methoxy groups -OCH3 is 1. The van der Waals surface area contributed by atoms with E-state index in [-0.39, 0.29) is 34.9 Å². The minimum absolute atomic E-state index is 0.0283. The number of hydrogen-bond acceptors (Lipinski definition) is 4. The summed E-state index contributed by atoms with van der Waals surface area (Å²) in [5.41, 5.74) is 1.31. The van der Waals surface area contributed by atoms with Gasteiger partial charge in [0.05, 0.1) is 25.1 Å². The van der Waals surface area contributed by atoms with Crippen molar-refractivity contribution in [3.63, 3.8) is 0 Å². The second-order valence-corrected chi connectivity index (χ2v) is 7.80. The van der Waals surface area contributed by atoms with Crippen LogP contribution in [0.1, 0.15) is 29.0 Å². The van der Waals surface area contributed by atoms with Gasteiger partial charge in [-0.2, -0.15) is 0 Å². The summed E-state index contributed by atoms with van der Waals surface area (Å²) in [6.45, 7) is 10.4. The zero-order valence-corrected chi connectivity index (χ0v) is 18.3. The van der Waals surface area contributed by atoms with Crippen LogP contribution >= 0.6 is 0 Å². The molecule has 1 aromatic heterocycles. The maximum absolute atomic E-state index is 14.5. The fraction of sp³-hybridized carbons (Fsp3) is 0.292. The van der Waals surface area contributed by atoms with Crippen LogP contribution in [0.3, 0.4) is 0 Å². The Morgan fingerprint density at radius 3 is 2.61 bits per heavy atom. The summed E-state index contributed by atoms with van der Waals surface area (Å²) in [7, 11) is 1.37. The second kappa shape index (κ2) is 9.38. The number of hydrogen-bond donors (Lipinski definition) is 2. The fourth-order valence-corrected chi connectivity index (χ4v) is 3.98. The predicted octanol–water partition coefficient (Wildman–Crippen LogP) is 4.17. The monoisotopic (exact) mass is 451 g/mol. The lowest BCUT2D eigenvalue weighted by Crippen LogP contribution is -2.43. The molecule has 1 aliphatic heterocycles. The van der Waals surface area contributed by atoms with Crippen molar-refractivity contribution in [2.24, 2.45) is 0 Å². The molecule has 1 saturated heterocycles. The van der Waals surface area contributed by atoms with Gasteiger partial charge in [-0.1, -0.05) is 12.1 Å². The molecule has 4 rings (SSSR count). The number of amides is 1. The number of carbonyl (C=O) groups is 1. The van der Waals surface area contributed by atoms with Crippen LogP contribution in [-0.2, 0) is 0 Å². The number of rotatable bonds is 5. The lowest BCUT2D eigenvalue weighted by atomic mass is 10.1. The van der Waals surface area contributed by atoms with E-state index < -0.39 is 11.6 Å². The summed E-state index contributed by atoms with van der Waals surface area (Å²) in [6, 6.07) is 8.53. The molecule has 170 valence electrons. The molecule has 2 aromatic carbocycles. The van der Waals surface area contributed by atoms with Crippen LogP contribution in [0.25, 0.3) is 21.9 Å². The van der Waals surface area contributed by atoms with E-state index in [1.54, 1.807) is 23.6 Å². The minimum Gasteiger partial charge on any atom is -0.494 e. The highest BCUT2D eigenvalue weighted by Gasteiger charge is 2.25. The Bertz CT molecular complexity index is 1240. The smallest absolute Gasteiger partial charge is 0.272 e. The molecular weight excluding hydrogens is 428 g/mol. The van der Waals surface area contributed by atoms with Gasteiger partial charge in [0.2, 0.25) is 5.69 Å². The van der Waals surface area contributed by atoms with E-state index in [0.29, 0.717) is 16.9 Å². The van der Waals surface area contributed by atoms with E-state index in [2.05, 4.69) is 20.5 Å². The first kappa shape index (κ1) is 22.4. The quantitative estimate of drug-likeness (QED) is 0.572. The molecule has 7 nitrogen and oxygen atoms in total. The van der Waals surface area contributed by atoms with Crippen molar-refractivity contribution < 1.29 is 18.3 Å². The second-order valence-electron chi connectivity index (χ2n) is 7.80. The van der Waals surface area contributed by atoms with Gasteiger partial charge in [-0.25, -0.2) is 18.6 Å². The zero-order valence-electron chi connectivity index (χ0n) is 18.3. The van der Waals surface area contributed by atoms with Crippen LogP contribution in [0.5, 0.6) is 5.75 Å². The van der Waals surface area contributed by atoms with Crippen LogP contribution in [-0.4, -0.2) is 41.7 Å². The number of nitrogens with zero attached hydrogens (tertiary/aromatic N) is 3. The molecule has 1 fully saturated rings. The van der Waals surface area contributed by atoms with Crippen molar-refractivity contribution in [2.75, 3.05) is 20.2 Å². The van der Waals surface area contributed by atoms with Crippen LogP contribution in [0, 0.1) is 25.1 Å². The summed E-state index contributed by atoms with van der Waals surface area (Å²) >= 11 is 0. The Labute approximate surface area is 190 Å². The number of ether oxygens (including phenoxy) is 1. The molecule has 0 spiro atoms. The number of halogens is 2. The molecule has 0 aliphatic carbocycles. The van der Waals surface area contributed by atoms with Crippen molar-refractivity contribution in [3.05, 3.63) is 70.8 Å². The van der Waals surface area contributed by atoms with Crippen molar-refractivity contribution in [3.8, 4) is 22.8 Å². The number of benzene rings is 2. The summed E-state index contributed by atoms with van der Waals surface area (Å²) in [6.07, 6.45) is 1.62. The van der Waals surface area contributed by atoms with Crippen molar-refractivity contribution in [2.45, 2.75) is 25.8 Å². The van der Waals surface area contributed by atoms with Gasteiger partial charge in [0.25, 0.3) is 5.91 Å². The average Bonchev–Trinajstić information content (AvgIpc) is 3.16. The van der Waals surface area contributed by atoms with E-state index in [9.17, 15) is 13.6 Å². The molecule has 1 amide bonds. The third-order valence-corrected chi connectivity index (χ3v) is 5.72. The molecule has 0 unspecified atom stereocenters. The van der Waals surface area contributed by atoms with E-state index in [1.807, 2.05) is 0 Å². The SMILES string of the molecule is [C-]#[N+]c1ccc(-c2nc(C(=O)NC3CCNCC3)c(C)n2-c2ccc(OC)c(F)c2)cc1F. The number of carbonyl (C=O) groups excluding carboxylic acids is 1. The van der Waals surface area contributed by atoms with Crippen molar-refractivity contribution in [1.29, 1.82) is 0 Å². The Morgan fingerprint density at radius 1 is 1.21 bits per heavy atom. The highest BCUT2D eigenvalue weighted by Crippen LogP contribution is 2.31. The number of piperidine rings is 1. The van der Waals surface area contributed by atoms with Gasteiger partial charge in [0.15, 0.2) is 11.6 Å². The highest BCUT2D eigenvalue weighted by atomic mass is 19.1. The van der Waals surface area contributed by atoms with Gasteiger partial charge in [-0.05, 0) is 51.1 Å². The maximum atomic E-state index is 14.5. The summed E-state index contributed by atoms with van der Waals surface area (Å²) in [5, 5.41) is 6.27. The Morgan fingerprint density at radius 2 is 1.97 bits per heavy atom. The van der Waals surface area contributed by atoms with Crippen molar-refractivity contribution in [1.82, 2.24) is 20.2 Å². The maximum Gasteiger partial charge on any atom is 0.272 e. The molecular formula is C24H23F2N5O2. The Balaban J connectivity index is 1.82. The fourth-order valence-electron chi connectivity index (χ4n) is 3.98. The predicted molar refractivity (Wildman–Crippen MR) is 120 cm³/mol. The molecule has 2 heterocycles. The minimum atomic E-state index is -0.698. The topological polar surface area (TPSA) is 72.5 Å². The first-order valence-corrected chi connectivity index (χ1v) is 10.5. The largest absolute Gasteiger partial charge is 0.494 e. The average molecular weight is 451 g/mol. The number of aromatic nitrogens is 2. The third-order valence-electron chi connectivity index (χ3n) is 5.72. The molecule has 3 aromatic rings. The highest BCUT2D eigenvalue weighted by molar-refractivity contribution is 5.94.